The van der Waals surface area contributed by atoms with E-state index >= 15 is 0 Å². The number of amides is 2. The van der Waals surface area contributed by atoms with Gasteiger partial charge in [-0.1, -0.05) is 24.3 Å². The first-order chi connectivity index (χ1) is 17.4. The van der Waals surface area contributed by atoms with Crippen molar-refractivity contribution in [3.8, 4) is 0 Å². The number of alkyl halides is 6. The van der Waals surface area contributed by atoms with Crippen LogP contribution in [0.2, 0.25) is 0 Å². The van der Waals surface area contributed by atoms with Gasteiger partial charge in [0.1, 0.15) is 0 Å². The summed E-state index contributed by atoms with van der Waals surface area (Å²) in [5, 5.41) is 17.5. The highest BCUT2D eigenvalue weighted by atomic mass is 19.4. The van der Waals surface area contributed by atoms with E-state index in [0.29, 0.717) is 0 Å². The lowest BCUT2D eigenvalue weighted by Crippen LogP contribution is -2.31. The van der Waals surface area contributed by atoms with E-state index in [1.165, 1.54) is 24.3 Å². The Bertz CT molecular complexity index is 1120. The molecule has 0 aromatic heterocycles. The Labute approximate surface area is 205 Å². The summed E-state index contributed by atoms with van der Waals surface area (Å²) in [6.07, 6.45) is -9.30. The summed E-state index contributed by atoms with van der Waals surface area (Å²) < 4.78 is 83.4. The van der Waals surface area contributed by atoms with Crippen molar-refractivity contribution in [2.45, 2.75) is 23.7 Å². The van der Waals surface area contributed by atoms with E-state index in [9.17, 15) is 35.9 Å². The van der Waals surface area contributed by atoms with Gasteiger partial charge in [0, 0.05) is 35.3 Å². The highest BCUT2D eigenvalue weighted by Crippen LogP contribution is 2.53. The van der Waals surface area contributed by atoms with Gasteiger partial charge in [-0.25, -0.2) is 0 Å². The first-order valence-electron chi connectivity index (χ1n) is 10.8. The number of nitrogens with zero attached hydrogens (tertiary/aromatic N) is 4. The number of hydrogen-bond acceptors (Lipinski definition) is 7. The summed E-state index contributed by atoms with van der Waals surface area (Å²) in [6.45, 7) is 0.389. The molecule has 2 heterocycles. The molecule has 0 bridgehead atoms. The molecule has 37 heavy (non-hydrogen) atoms. The fraction of sp³-hybridized carbons (Fsp3) is 0.364. The molecule has 9 nitrogen and oxygen atoms in total. The Balaban J connectivity index is 1.12. The summed E-state index contributed by atoms with van der Waals surface area (Å²) in [5.74, 6) is -1.03. The number of rotatable bonds is 10. The van der Waals surface area contributed by atoms with Crippen LogP contribution in [0.15, 0.2) is 69.0 Å². The van der Waals surface area contributed by atoms with Crippen molar-refractivity contribution in [1.29, 1.82) is 0 Å². The van der Waals surface area contributed by atoms with Crippen molar-refractivity contribution in [2.75, 3.05) is 26.3 Å². The number of ether oxygens (including phenoxy) is 1. The summed E-state index contributed by atoms with van der Waals surface area (Å²) in [4.78, 5) is 24.3. The SMILES string of the molecule is O=C(NCCOCCNC(=O)c1ccc(C2(C(F)(F)F)N=N2)cc1)c1ccc(C2(C(F)(F)F)N=N2)cc1. The molecule has 2 aromatic carbocycles. The number of carbonyl (C=O) groups is 2. The van der Waals surface area contributed by atoms with E-state index in [-0.39, 0.29) is 48.6 Å². The van der Waals surface area contributed by atoms with E-state index in [0.717, 1.165) is 24.3 Å². The maximum absolute atomic E-state index is 13.0. The molecule has 0 saturated carbocycles. The summed E-state index contributed by atoms with van der Waals surface area (Å²) in [5.41, 5.74) is -5.18. The van der Waals surface area contributed by atoms with Crippen molar-refractivity contribution < 1.29 is 40.7 Å². The van der Waals surface area contributed by atoms with Gasteiger partial charge in [-0.15, -0.1) is 20.5 Å². The van der Waals surface area contributed by atoms with Crippen LogP contribution >= 0.6 is 0 Å². The third-order valence-electron chi connectivity index (χ3n) is 5.55. The van der Waals surface area contributed by atoms with Crippen molar-refractivity contribution in [3.05, 3.63) is 70.8 Å². The number of carbonyl (C=O) groups excluding carboxylic acids is 2. The molecule has 2 aliphatic heterocycles. The maximum Gasteiger partial charge on any atom is 0.442 e. The average molecular weight is 528 g/mol. The summed E-state index contributed by atoms with van der Waals surface area (Å²) in [7, 11) is 0. The number of nitrogens with one attached hydrogen (secondary N) is 2. The lowest BCUT2D eigenvalue weighted by Gasteiger charge is -2.15. The number of benzene rings is 2. The highest BCUT2D eigenvalue weighted by Gasteiger charge is 2.65. The zero-order valence-electron chi connectivity index (χ0n) is 18.7. The van der Waals surface area contributed by atoms with E-state index in [2.05, 4.69) is 31.1 Å². The van der Waals surface area contributed by atoms with Crippen molar-refractivity contribution in [1.82, 2.24) is 10.6 Å². The highest BCUT2D eigenvalue weighted by molar-refractivity contribution is 5.94. The van der Waals surface area contributed by atoms with Crippen LogP contribution in [-0.2, 0) is 16.1 Å². The molecule has 2 N–H and O–H groups in total. The molecule has 0 unspecified atom stereocenters. The van der Waals surface area contributed by atoms with E-state index in [1.54, 1.807) is 0 Å². The smallest absolute Gasteiger partial charge is 0.378 e. The second-order valence-electron chi connectivity index (χ2n) is 8.02. The first-order valence-corrected chi connectivity index (χ1v) is 10.8. The lowest BCUT2D eigenvalue weighted by atomic mass is 10.0. The molecule has 0 saturated heterocycles. The molecule has 0 spiro atoms. The van der Waals surface area contributed by atoms with Gasteiger partial charge >= 0.3 is 23.7 Å². The molecule has 0 fully saturated rings. The third-order valence-corrected chi connectivity index (χ3v) is 5.55. The molecule has 2 aromatic rings. The minimum Gasteiger partial charge on any atom is -0.378 e. The van der Waals surface area contributed by atoms with Gasteiger partial charge in [-0.2, -0.15) is 26.3 Å². The van der Waals surface area contributed by atoms with Gasteiger partial charge in [0.25, 0.3) is 11.8 Å². The molecule has 2 aliphatic rings. The fourth-order valence-corrected chi connectivity index (χ4v) is 3.37. The minimum absolute atomic E-state index is 0.0931. The van der Waals surface area contributed by atoms with Crippen LogP contribution in [0.3, 0.4) is 0 Å². The Morgan fingerprint density at radius 3 is 1.24 bits per heavy atom. The normalized spacial score (nSPS) is 16.8. The van der Waals surface area contributed by atoms with Crippen LogP contribution in [0, 0.1) is 0 Å². The van der Waals surface area contributed by atoms with E-state index in [4.69, 9.17) is 4.74 Å². The largest absolute Gasteiger partial charge is 0.442 e. The zero-order chi connectivity index (χ0) is 26.9. The van der Waals surface area contributed by atoms with Gasteiger partial charge < -0.3 is 15.4 Å². The molecule has 4 rings (SSSR count). The number of hydrogen-bond donors (Lipinski definition) is 2. The Kier molecular flexibility index (Phi) is 6.75. The predicted molar refractivity (Wildman–Crippen MR) is 114 cm³/mol. The van der Waals surface area contributed by atoms with Crippen molar-refractivity contribution in [2.24, 2.45) is 20.5 Å². The summed E-state index contributed by atoms with van der Waals surface area (Å²) in [6, 6.07) is 9.51. The van der Waals surface area contributed by atoms with Crippen LogP contribution in [0.5, 0.6) is 0 Å². The van der Waals surface area contributed by atoms with Gasteiger partial charge in [0.2, 0.25) is 0 Å². The molecule has 2 amide bonds. The second-order valence-corrected chi connectivity index (χ2v) is 8.02. The van der Waals surface area contributed by atoms with Crippen molar-refractivity contribution >= 4 is 11.8 Å². The van der Waals surface area contributed by atoms with Gasteiger partial charge in [0.15, 0.2) is 0 Å². The summed E-state index contributed by atoms with van der Waals surface area (Å²) >= 11 is 0. The molecular weight excluding hydrogens is 510 g/mol. The van der Waals surface area contributed by atoms with Crippen LogP contribution in [0.25, 0.3) is 0 Å². The average Bonchev–Trinajstić information content (AvgIpc) is 3.76. The third kappa shape index (κ3) is 5.30. The quantitative estimate of drug-likeness (QED) is 0.355. The molecule has 0 atom stereocenters. The van der Waals surface area contributed by atoms with Gasteiger partial charge in [-0.3, -0.25) is 9.59 Å². The standard InChI is InChI=1S/C22H18F6N6O3/c23-21(24,25)19(31-32-19)15-5-1-13(2-6-15)17(35)29-9-11-37-12-10-30-18(36)14-3-7-16(8-4-14)20(33-34-20)22(26,27)28/h1-8H,9-12H2,(H,29,35)(H,30,36). The molecule has 196 valence electrons. The van der Waals surface area contributed by atoms with Crippen LogP contribution in [-0.4, -0.2) is 50.5 Å². The Hall–Kier alpha value is -3.88. The molecule has 0 aliphatic carbocycles. The van der Waals surface area contributed by atoms with E-state index < -0.39 is 35.5 Å². The van der Waals surface area contributed by atoms with Gasteiger partial charge in [0.05, 0.1) is 13.2 Å². The first kappa shape index (κ1) is 26.2. The number of halogens is 6. The molecule has 0 radical (unpaired) electrons. The van der Waals surface area contributed by atoms with Crippen LogP contribution < -0.4 is 10.6 Å². The zero-order valence-corrected chi connectivity index (χ0v) is 18.7. The maximum atomic E-state index is 13.0. The van der Waals surface area contributed by atoms with Crippen LogP contribution in [0.4, 0.5) is 26.3 Å². The topological polar surface area (TPSA) is 117 Å². The van der Waals surface area contributed by atoms with E-state index in [1.807, 2.05) is 0 Å². The monoisotopic (exact) mass is 528 g/mol. The predicted octanol–water partition coefficient (Wildman–Crippen LogP) is 4.22. The molecule has 15 heteroatoms. The van der Waals surface area contributed by atoms with Gasteiger partial charge in [-0.05, 0) is 24.3 Å². The molecular formula is C22H18F6N6O3. The Morgan fingerprint density at radius 2 is 0.973 bits per heavy atom. The fourth-order valence-electron chi connectivity index (χ4n) is 3.37. The Morgan fingerprint density at radius 1 is 0.649 bits per heavy atom. The lowest BCUT2D eigenvalue weighted by molar-refractivity contribution is -0.166. The minimum atomic E-state index is -4.65. The second kappa shape index (κ2) is 9.53. The van der Waals surface area contributed by atoms with Crippen molar-refractivity contribution in [3.63, 3.8) is 0 Å². The van der Waals surface area contributed by atoms with Crippen LogP contribution in [0.1, 0.15) is 31.8 Å².